The van der Waals surface area contributed by atoms with Crippen molar-refractivity contribution in [3.63, 3.8) is 0 Å². The zero-order chi connectivity index (χ0) is 25.5. The minimum absolute atomic E-state index is 0.0828. The number of methoxy groups -OCH3 is 1. The van der Waals surface area contributed by atoms with Crippen LogP contribution in [0.4, 0.5) is 0 Å². The van der Waals surface area contributed by atoms with Crippen molar-refractivity contribution >= 4 is 21.7 Å². The first-order chi connectivity index (χ1) is 18.0. The molecule has 0 saturated heterocycles. The summed E-state index contributed by atoms with van der Waals surface area (Å²) in [6, 6.07) is 26.0. The van der Waals surface area contributed by atoms with Crippen LogP contribution in [-0.2, 0) is 6.54 Å². The molecule has 6 aromatic rings. The van der Waals surface area contributed by atoms with Crippen molar-refractivity contribution in [3.05, 3.63) is 113 Å². The van der Waals surface area contributed by atoms with Crippen molar-refractivity contribution in [1.82, 2.24) is 14.7 Å². The molecule has 6 nitrogen and oxygen atoms in total. The molecule has 0 aliphatic carbocycles. The number of hydrogen-bond acceptors (Lipinski definition) is 5. The van der Waals surface area contributed by atoms with E-state index in [1.165, 1.54) is 0 Å². The average Bonchev–Trinajstić information content (AvgIpc) is 3.27. The van der Waals surface area contributed by atoms with E-state index >= 15 is 0 Å². The van der Waals surface area contributed by atoms with Gasteiger partial charge in [0, 0.05) is 23.4 Å². The smallest absolute Gasteiger partial charge is 0.259 e. The first-order valence-electron chi connectivity index (χ1n) is 12.1. The Morgan fingerprint density at radius 2 is 1.65 bits per heavy atom. The standard InChI is InChI=1S/C31H25N3O3/c1-19-30(20(2)37-33-19)27-16-24-15-26(23-12-11-21-8-4-5-9-22(21)14-23)31(35)34(28(24)17-29(27)36-3)18-25-10-6-7-13-32-25/h4-17H,18H2,1-3H3. The highest BCUT2D eigenvalue weighted by molar-refractivity contribution is 5.93. The second-order valence-electron chi connectivity index (χ2n) is 9.14. The third-order valence-corrected chi connectivity index (χ3v) is 6.82. The first-order valence-corrected chi connectivity index (χ1v) is 12.1. The number of aryl methyl sites for hydroxylation is 2. The van der Waals surface area contributed by atoms with Crippen LogP contribution in [0.15, 0.2) is 94.4 Å². The van der Waals surface area contributed by atoms with Gasteiger partial charge in [0.05, 0.1) is 36.1 Å². The normalized spacial score (nSPS) is 11.3. The second kappa shape index (κ2) is 9.06. The molecule has 6 heteroatoms. The maximum atomic E-state index is 14.0. The molecular formula is C31H25N3O3. The van der Waals surface area contributed by atoms with Gasteiger partial charge in [-0.2, -0.15) is 0 Å². The van der Waals surface area contributed by atoms with Crippen molar-refractivity contribution in [2.45, 2.75) is 20.4 Å². The van der Waals surface area contributed by atoms with E-state index in [1.54, 1.807) is 17.9 Å². The minimum Gasteiger partial charge on any atom is -0.496 e. The van der Waals surface area contributed by atoms with Crippen LogP contribution >= 0.6 is 0 Å². The maximum absolute atomic E-state index is 14.0. The van der Waals surface area contributed by atoms with Crippen LogP contribution in [0.1, 0.15) is 17.1 Å². The summed E-state index contributed by atoms with van der Waals surface area (Å²) in [5.41, 5.74) is 5.54. The number of benzene rings is 3. The van der Waals surface area contributed by atoms with Crippen LogP contribution in [0.5, 0.6) is 5.75 Å². The number of ether oxygens (including phenoxy) is 1. The van der Waals surface area contributed by atoms with Crippen LogP contribution in [0.2, 0.25) is 0 Å². The molecular weight excluding hydrogens is 462 g/mol. The summed E-state index contributed by atoms with van der Waals surface area (Å²) in [5.74, 6) is 1.36. The summed E-state index contributed by atoms with van der Waals surface area (Å²) in [7, 11) is 1.63. The Labute approximate surface area is 213 Å². The van der Waals surface area contributed by atoms with Gasteiger partial charge in [0.1, 0.15) is 11.5 Å². The highest BCUT2D eigenvalue weighted by atomic mass is 16.5. The first kappa shape index (κ1) is 22.7. The minimum atomic E-state index is -0.0828. The Kier molecular flexibility index (Phi) is 5.57. The molecule has 3 heterocycles. The number of pyridine rings is 2. The lowest BCUT2D eigenvalue weighted by Crippen LogP contribution is -2.23. The predicted molar refractivity (Wildman–Crippen MR) is 146 cm³/mol. The molecule has 0 N–H and O–H groups in total. The van der Waals surface area contributed by atoms with Crippen molar-refractivity contribution in [2.24, 2.45) is 0 Å². The van der Waals surface area contributed by atoms with Crippen LogP contribution in [-0.4, -0.2) is 21.8 Å². The van der Waals surface area contributed by atoms with Crippen molar-refractivity contribution < 1.29 is 9.26 Å². The van der Waals surface area contributed by atoms with Gasteiger partial charge in [0.25, 0.3) is 5.56 Å². The predicted octanol–water partition coefficient (Wildman–Crippen LogP) is 6.55. The van der Waals surface area contributed by atoms with E-state index in [9.17, 15) is 4.79 Å². The van der Waals surface area contributed by atoms with E-state index in [-0.39, 0.29) is 5.56 Å². The molecule has 0 aliphatic rings. The van der Waals surface area contributed by atoms with Crippen LogP contribution in [0.3, 0.4) is 0 Å². The zero-order valence-corrected chi connectivity index (χ0v) is 20.9. The van der Waals surface area contributed by atoms with E-state index in [1.807, 2.05) is 62.4 Å². The molecule has 6 rings (SSSR count). The third-order valence-electron chi connectivity index (χ3n) is 6.82. The lowest BCUT2D eigenvalue weighted by Gasteiger charge is -2.17. The molecule has 182 valence electrons. The highest BCUT2D eigenvalue weighted by Crippen LogP contribution is 2.38. The summed E-state index contributed by atoms with van der Waals surface area (Å²) in [4.78, 5) is 18.5. The summed E-state index contributed by atoms with van der Waals surface area (Å²) >= 11 is 0. The second-order valence-corrected chi connectivity index (χ2v) is 9.14. The van der Waals surface area contributed by atoms with Gasteiger partial charge in [0.2, 0.25) is 0 Å². The van der Waals surface area contributed by atoms with Gasteiger partial charge in [0.15, 0.2) is 0 Å². The number of fused-ring (bicyclic) bond motifs is 2. The fraction of sp³-hybridized carbons (Fsp3) is 0.129. The van der Waals surface area contributed by atoms with Gasteiger partial charge in [-0.05, 0) is 65.9 Å². The average molecular weight is 488 g/mol. The summed E-state index contributed by atoms with van der Waals surface area (Å²) in [5, 5.41) is 7.26. The Hall–Kier alpha value is -4.71. The van der Waals surface area contributed by atoms with Crippen LogP contribution < -0.4 is 10.3 Å². The molecule has 0 atom stereocenters. The molecule has 0 aliphatic heterocycles. The fourth-order valence-electron chi connectivity index (χ4n) is 5.01. The van der Waals surface area contributed by atoms with Crippen molar-refractivity contribution in [2.75, 3.05) is 7.11 Å². The summed E-state index contributed by atoms with van der Waals surface area (Å²) in [6.07, 6.45) is 1.74. The SMILES string of the molecule is COc1cc2c(cc1-c1c(C)noc1C)cc(-c1ccc3ccccc3c1)c(=O)n2Cc1ccccn1. The monoisotopic (exact) mass is 487 g/mol. The van der Waals surface area contributed by atoms with E-state index in [0.29, 0.717) is 23.6 Å². The number of hydrogen-bond donors (Lipinski definition) is 0. The molecule has 0 bridgehead atoms. The Balaban J connectivity index is 1.65. The van der Waals surface area contributed by atoms with E-state index in [4.69, 9.17) is 9.26 Å². The molecule has 0 fully saturated rings. The van der Waals surface area contributed by atoms with Crippen molar-refractivity contribution in [3.8, 4) is 28.0 Å². The summed E-state index contributed by atoms with van der Waals surface area (Å²) in [6.45, 7) is 4.14. The summed E-state index contributed by atoms with van der Waals surface area (Å²) < 4.78 is 13.0. The largest absolute Gasteiger partial charge is 0.496 e. The van der Waals surface area contributed by atoms with Crippen LogP contribution in [0, 0.1) is 13.8 Å². The van der Waals surface area contributed by atoms with Crippen LogP contribution in [0.25, 0.3) is 43.9 Å². The molecule has 3 aromatic carbocycles. The lowest BCUT2D eigenvalue weighted by atomic mass is 9.97. The van der Waals surface area contributed by atoms with Gasteiger partial charge in [-0.1, -0.05) is 47.6 Å². The molecule has 0 amide bonds. The number of rotatable bonds is 5. The van der Waals surface area contributed by atoms with E-state index in [0.717, 1.165) is 49.8 Å². The Morgan fingerprint density at radius 3 is 2.38 bits per heavy atom. The number of aromatic nitrogens is 3. The molecule has 37 heavy (non-hydrogen) atoms. The van der Waals surface area contributed by atoms with Gasteiger partial charge in [-0.3, -0.25) is 9.78 Å². The Morgan fingerprint density at radius 1 is 0.865 bits per heavy atom. The molecule has 0 radical (unpaired) electrons. The topological polar surface area (TPSA) is 70.2 Å². The van der Waals surface area contributed by atoms with Gasteiger partial charge in [-0.15, -0.1) is 0 Å². The molecule has 0 saturated carbocycles. The lowest BCUT2D eigenvalue weighted by molar-refractivity contribution is 0.393. The molecule has 0 unspecified atom stereocenters. The van der Waals surface area contributed by atoms with Gasteiger partial charge >= 0.3 is 0 Å². The number of nitrogens with zero attached hydrogens (tertiary/aromatic N) is 3. The van der Waals surface area contributed by atoms with E-state index < -0.39 is 0 Å². The highest BCUT2D eigenvalue weighted by Gasteiger charge is 2.20. The Bertz CT molecular complexity index is 1820. The third kappa shape index (κ3) is 3.96. The van der Waals surface area contributed by atoms with Crippen molar-refractivity contribution in [1.29, 1.82) is 0 Å². The van der Waals surface area contributed by atoms with Gasteiger partial charge < -0.3 is 13.8 Å². The van der Waals surface area contributed by atoms with E-state index in [2.05, 4.69) is 40.5 Å². The quantitative estimate of drug-likeness (QED) is 0.276. The molecule has 0 spiro atoms. The fourth-order valence-corrected chi connectivity index (χ4v) is 5.01. The zero-order valence-electron chi connectivity index (χ0n) is 20.9. The van der Waals surface area contributed by atoms with Gasteiger partial charge in [-0.25, -0.2) is 0 Å². The molecule has 3 aromatic heterocycles. The maximum Gasteiger partial charge on any atom is 0.259 e.